The molecule has 100 valence electrons. The molecule has 2 aromatic carbocycles. The highest BCUT2D eigenvalue weighted by molar-refractivity contribution is 14.1. The highest BCUT2D eigenvalue weighted by Gasteiger charge is 2.08. The fourth-order valence-electron chi connectivity index (χ4n) is 1.65. The molecule has 3 N–H and O–H groups in total. The van der Waals surface area contributed by atoms with Crippen molar-refractivity contribution in [2.75, 3.05) is 12.5 Å². The Hall–Kier alpha value is -1.47. The fourth-order valence-corrected chi connectivity index (χ4v) is 2.32. The lowest BCUT2D eigenvalue weighted by Crippen LogP contribution is -2.20. The van der Waals surface area contributed by atoms with Gasteiger partial charge in [-0.25, -0.2) is 5.43 Å². The van der Waals surface area contributed by atoms with Crippen LogP contribution >= 0.6 is 22.6 Å². The summed E-state index contributed by atoms with van der Waals surface area (Å²) in [5.74, 6) is 0.672. The van der Waals surface area contributed by atoms with Crippen LogP contribution in [0.4, 0.5) is 5.69 Å². The molecule has 0 unspecified atom stereocenters. The van der Waals surface area contributed by atoms with Crippen molar-refractivity contribution in [3.8, 4) is 11.5 Å². The van der Waals surface area contributed by atoms with Crippen molar-refractivity contribution >= 4 is 28.3 Å². The van der Waals surface area contributed by atoms with E-state index in [1.807, 2.05) is 42.5 Å². The number of phenols is 1. The second kappa shape index (κ2) is 6.63. The van der Waals surface area contributed by atoms with Crippen molar-refractivity contribution in [2.24, 2.45) is 0 Å². The summed E-state index contributed by atoms with van der Waals surface area (Å²) in [6.07, 6.45) is 0. The van der Waals surface area contributed by atoms with Crippen LogP contribution in [0, 0.1) is 3.57 Å². The smallest absolute Gasteiger partial charge is 0.171 e. The van der Waals surface area contributed by atoms with Gasteiger partial charge in [-0.3, -0.25) is 0 Å². The maximum absolute atomic E-state index is 9.76. The van der Waals surface area contributed by atoms with Gasteiger partial charge in [0.1, 0.15) is 0 Å². The minimum absolute atomic E-state index is 0.183. The molecular formula is C14H15IN2O2. The topological polar surface area (TPSA) is 53.5 Å². The number of halogens is 1. The van der Waals surface area contributed by atoms with Crippen LogP contribution < -0.4 is 15.6 Å². The molecule has 0 fully saturated rings. The molecule has 0 aliphatic rings. The van der Waals surface area contributed by atoms with E-state index in [-0.39, 0.29) is 5.75 Å². The molecule has 0 aromatic heterocycles. The Balaban J connectivity index is 1.98. The predicted molar refractivity (Wildman–Crippen MR) is 84.3 cm³/mol. The normalized spacial score (nSPS) is 10.2. The molecule has 4 nitrogen and oxygen atoms in total. The summed E-state index contributed by atoms with van der Waals surface area (Å²) < 4.78 is 5.90. The van der Waals surface area contributed by atoms with Gasteiger partial charge < -0.3 is 15.3 Å². The molecule has 0 spiro atoms. The summed E-state index contributed by atoms with van der Waals surface area (Å²) in [5.41, 5.74) is 8.27. The van der Waals surface area contributed by atoms with E-state index in [4.69, 9.17) is 4.74 Å². The number of hydrogen-bond donors (Lipinski definition) is 3. The third-order valence-electron chi connectivity index (χ3n) is 2.61. The maximum Gasteiger partial charge on any atom is 0.171 e. The third kappa shape index (κ3) is 3.74. The van der Waals surface area contributed by atoms with E-state index < -0.39 is 0 Å². The predicted octanol–water partition coefficient (Wildman–Crippen LogP) is 3.12. The van der Waals surface area contributed by atoms with E-state index >= 15 is 0 Å². The fraction of sp³-hybridized carbons (Fsp3) is 0.143. The standard InChI is InChI=1S/C14H15IN2O2/c1-19-13-8-10(7-12(15)14(13)18)9-16-17-11-5-3-2-4-6-11/h2-8,16-18H,9H2,1H3. The number of aromatic hydroxyl groups is 1. The van der Waals surface area contributed by atoms with Crippen molar-refractivity contribution in [3.05, 3.63) is 51.6 Å². The quantitative estimate of drug-likeness (QED) is 0.559. The zero-order valence-electron chi connectivity index (χ0n) is 10.5. The largest absolute Gasteiger partial charge is 0.504 e. The summed E-state index contributed by atoms with van der Waals surface area (Å²) in [5, 5.41) is 9.76. The van der Waals surface area contributed by atoms with Crippen LogP contribution in [-0.4, -0.2) is 12.2 Å². The molecule has 0 amide bonds. The Morgan fingerprint density at radius 3 is 2.63 bits per heavy atom. The number of para-hydroxylation sites is 1. The average molecular weight is 370 g/mol. The van der Waals surface area contributed by atoms with Crippen molar-refractivity contribution in [2.45, 2.75) is 6.54 Å². The van der Waals surface area contributed by atoms with Gasteiger partial charge >= 0.3 is 0 Å². The van der Waals surface area contributed by atoms with E-state index in [2.05, 4.69) is 33.4 Å². The van der Waals surface area contributed by atoms with Crippen LogP contribution in [0.25, 0.3) is 0 Å². The highest BCUT2D eigenvalue weighted by Crippen LogP contribution is 2.32. The first kappa shape index (κ1) is 14.0. The molecule has 0 atom stereocenters. The van der Waals surface area contributed by atoms with Gasteiger partial charge in [0.25, 0.3) is 0 Å². The van der Waals surface area contributed by atoms with Crippen LogP contribution in [0.2, 0.25) is 0 Å². The number of phenolic OH excluding ortho intramolecular Hbond substituents is 1. The number of methoxy groups -OCH3 is 1. The van der Waals surface area contributed by atoms with Gasteiger partial charge in [-0.05, 0) is 52.4 Å². The molecule has 0 saturated carbocycles. The van der Waals surface area contributed by atoms with Crippen molar-refractivity contribution in [3.63, 3.8) is 0 Å². The first-order valence-electron chi connectivity index (χ1n) is 5.80. The Bertz CT molecular complexity index is 547. The van der Waals surface area contributed by atoms with Crippen LogP contribution in [0.1, 0.15) is 5.56 Å². The lowest BCUT2D eigenvalue weighted by molar-refractivity contribution is 0.371. The Labute approximate surface area is 125 Å². The molecule has 0 heterocycles. The molecule has 0 saturated heterocycles. The molecule has 0 aliphatic carbocycles. The molecule has 0 radical (unpaired) electrons. The lowest BCUT2D eigenvalue weighted by Gasteiger charge is -2.11. The van der Waals surface area contributed by atoms with Crippen LogP contribution in [0.5, 0.6) is 11.5 Å². The second-order valence-electron chi connectivity index (χ2n) is 3.97. The maximum atomic E-state index is 9.76. The molecule has 0 bridgehead atoms. The third-order valence-corrected chi connectivity index (χ3v) is 3.43. The number of nitrogens with one attached hydrogen (secondary N) is 2. The van der Waals surface area contributed by atoms with E-state index in [1.165, 1.54) is 0 Å². The van der Waals surface area contributed by atoms with Gasteiger partial charge in [0.15, 0.2) is 11.5 Å². The van der Waals surface area contributed by atoms with E-state index in [9.17, 15) is 5.11 Å². The average Bonchev–Trinajstić information content (AvgIpc) is 2.43. The first-order valence-corrected chi connectivity index (χ1v) is 6.88. The van der Waals surface area contributed by atoms with E-state index in [0.717, 1.165) is 14.8 Å². The van der Waals surface area contributed by atoms with Gasteiger partial charge in [0.05, 0.1) is 10.7 Å². The summed E-state index contributed by atoms with van der Waals surface area (Å²) in [7, 11) is 1.55. The number of hydrazine groups is 1. The first-order chi connectivity index (χ1) is 9.20. The van der Waals surface area contributed by atoms with Crippen molar-refractivity contribution in [1.29, 1.82) is 0 Å². The van der Waals surface area contributed by atoms with Gasteiger partial charge in [-0.2, -0.15) is 0 Å². The monoisotopic (exact) mass is 370 g/mol. The molecule has 2 rings (SSSR count). The molecule has 19 heavy (non-hydrogen) atoms. The molecule has 5 heteroatoms. The Morgan fingerprint density at radius 1 is 1.21 bits per heavy atom. The summed E-state index contributed by atoms with van der Waals surface area (Å²) >= 11 is 2.08. The number of benzene rings is 2. The van der Waals surface area contributed by atoms with Crippen LogP contribution in [0.3, 0.4) is 0 Å². The van der Waals surface area contributed by atoms with Gasteiger partial charge in [0, 0.05) is 12.2 Å². The number of ether oxygens (including phenoxy) is 1. The van der Waals surface area contributed by atoms with E-state index in [0.29, 0.717) is 12.3 Å². The molecular weight excluding hydrogens is 355 g/mol. The Kier molecular flexibility index (Phi) is 4.86. The van der Waals surface area contributed by atoms with E-state index in [1.54, 1.807) is 7.11 Å². The SMILES string of the molecule is COc1cc(CNNc2ccccc2)cc(I)c1O. The highest BCUT2D eigenvalue weighted by atomic mass is 127. The molecule has 2 aromatic rings. The summed E-state index contributed by atoms with van der Waals surface area (Å²) in [6, 6.07) is 13.6. The second-order valence-corrected chi connectivity index (χ2v) is 5.14. The number of rotatable bonds is 5. The molecule has 0 aliphatic heterocycles. The lowest BCUT2D eigenvalue weighted by atomic mass is 10.2. The van der Waals surface area contributed by atoms with Gasteiger partial charge in [0.2, 0.25) is 0 Å². The minimum Gasteiger partial charge on any atom is -0.504 e. The minimum atomic E-state index is 0.183. The zero-order valence-corrected chi connectivity index (χ0v) is 12.6. The van der Waals surface area contributed by atoms with Gasteiger partial charge in [-0.15, -0.1) is 0 Å². The summed E-state index contributed by atoms with van der Waals surface area (Å²) in [6.45, 7) is 0.627. The number of hydrogen-bond acceptors (Lipinski definition) is 4. The van der Waals surface area contributed by atoms with Crippen LogP contribution in [-0.2, 0) is 6.54 Å². The van der Waals surface area contributed by atoms with Crippen molar-refractivity contribution in [1.82, 2.24) is 5.43 Å². The summed E-state index contributed by atoms with van der Waals surface area (Å²) in [4.78, 5) is 0. The van der Waals surface area contributed by atoms with Crippen LogP contribution in [0.15, 0.2) is 42.5 Å². The van der Waals surface area contributed by atoms with Gasteiger partial charge in [-0.1, -0.05) is 18.2 Å². The number of anilines is 1. The van der Waals surface area contributed by atoms with Crippen molar-refractivity contribution < 1.29 is 9.84 Å². The Morgan fingerprint density at radius 2 is 1.95 bits per heavy atom. The zero-order chi connectivity index (χ0) is 13.7.